The van der Waals surface area contributed by atoms with Gasteiger partial charge in [0.05, 0.1) is 0 Å². The maximum Gasteiger partial charge on any atom is 1.00 e. The van der Waals surface area contributed by atoms with Crippen molar-refractivity contribution in [1.82, 2.24) is 0 Å². The van der Waals surface area contributed by atoms with Crippen molar-refractivity contribution in [3.05, 3.63) is 0 Å². The summed E-state index contributed by atoms with van der Waals surface area (Å²) in [4.78, 5) is 9.00. The molecule has 2 nitrogen and oxygen atoms in total. The molecular weight excluding hydrogens is 141 g/mol. The zero-order valence-corrected chi connectivity index (χ0v) is 8.27. The molecule has 0 saturated heterocycles. The van der Waals surface area contributed by atoms with E-state index in [1.165, 1.54) is 0 Å². The molecule has 0 aromatic carbocycles. The number of carboxylic acids is 1. The Kier molecular flexibility index (Phi) is 10.1. The Morgan fingerprint density at radius 3 is 2.00 bits per heavy atom. The van der Waals surface area contributed by atoms with E-state index in [0.29, 0.717) is 0 Å². The van der Waals surface area contributed by atoms with Gasteiger partial charge in [0.15, 0.2) is 0 Å². The van der Waals surface area contributed by atoms with Crippen LogP contribution in [0.25, 0.3) is 0 Å². The SMILES string of the molecule is CC(=O)O.[H-].[Rb+]. The Morgan fingerprint density at radius 1 is 2.00 bits per heavy atom. The Bertz CT molecular complexity index is 34.5. The average molecular weight is 147 g/mol. The van der Waals surface area contributed by atoms with Gasteiger partial charge in [0.25, 0.3) is 5.97 Å². The minimum absolute atomic E-state index is 0. The first-order valence-electron chi connectivity index (χ1n) is 0.928. The fourth-order valence-corrected chi connectivity index (χ4v) is 0. The van der Waals surface area contributed by atoms with Gasteiger partial charge in [-0.3, -0.25) is 4.79 Å². The van der Waals surface area contributed by atoms with Gasteiger partial charge in [0, 0.05) is 6.92 Å². The Hall–Kier alpha value is 1.28. The fourth-order valence-electron chi connectivity index (χ4n) is 0. The molecule has 5 heavy (non-hydrogen) atoms. The van der Waals surface area contributed by atoms with Crippen LogP contribution in [0.4, 0.5) is 0 Å². The number of carbonyl (C=O) groups is 1. The van der Waals surface area contributed by atoms with Gasteiger partial charge in [-0.15, -0.1) is 0 Å². The second kappa shape index (κ2) is 5.28. The van der Waals surface area contributed by atoms with E-state index in [9.17, 15) is 0 Å². The van der Waals surface area contributed by atoms with Crippen molar-refractivity contribution in [1.29, 1.82) is 0 Å². The molecule has 0 heterocycles. The van der Waals surface area contributed by atoms with Crippen LogP contribution in [-0.2, 0) is 4.79 Å². The number of hydrogen-bond donors (Lipinski definition) is 1. The van der Waals surface area contributed by atoms with Crippen molar-refractivity contribution in [2.24, 2.45) is 0 Å². The fraction of sp³-hybridized carbons (Fsp3) is 0.500. The van der Waals surface area contributed by atoms with Crippen LogP contribution in [0.1, 0.15) is 8.35 Å². The molecule has 0 aliphatic rings. The van der Waals surface area contributed by atoms with Crippen LogP contribution in [0.5, 0.6) is 0 Å². The molecule has 0 aliphatic carbocycles. The van der Waals surface area contributed by atoms with E-state index in [4.69, 9.17) is 9.90 Å². The molecule has 0 rings (SSSR count). The molecule has 0 bridgehead atoms. The first-order chi connectivity index (χ1) is 1.73. The van der Waals surface area contributed by atoms with Gasteiger partial charge in [0.2, 0.25) is 0 Å². The molecule has 3 heteroatoms. The van der Waals surface area contributed by atoms with Crippen LogP contribution in [0.15, 0.2) is 0 Å². The second-order valence-electron chi connectivity index (χ2n) is 0.519. The third-order valence-corrected chi connectivity index (χ3v) is 0. The van der Waals surface area contributed by atoms with E-state index in [1.54, 1.807) is 0 Å². The van der Waals surface area contributed by atoms with Crippen molar-refractivity contribution in [3.8, 4) is 0 Å². The second-order valence-corrected chi connectivity index (χ2v) is 0.519. The van der Waals surface area contributed by atoms with Gasteiger partial charge in [-0.2, -0.15) is 0 Å². The van der Waals surface area contributed by atoms with E-state index in [-0.39, 0.29) is 59.6 Å². The molecule has 0 atom stereocenters. The predicted molar refractivity (Wildman–Crippen MR) is 14.4 cm³/mol. The first kappa shape index (κ1) is 9.55. The third kappa shape index (κ3) is 34.8. The number of rotatable bonds is 0. The van der Waals surface area contributed by atoms with Crippen molar-refractivity contribution in [2.75, 3.05) is 0 Å². The first-order valence-corrected chi connectivity index (χ1v) is 0.928. The molecule has 1 N–H and O–H groups in total. The molecule has 26 valence electrons. The summed E-state index contributed by atoms with van der Waals surface area (Å²) in [6, 6.07) is 0. The molecule has 0 spiro atoms. The average Bonchev–Trinajstić information content (AvgIpc) is 0.811. The zero-order valence-electron chi connectivity index (χ0n) is 4.36. The molecule has 0 fully saturated rings. The molecule has 0 radical (unpaired) electrons. The third-order valence-electron chi connectivity index (χ3n) is 0. The molecule has 0 aromatic rings. The number of carboxylic acid groups (broad SMARTS) is 1. The minimum Gasteiger partial charge on any atom is -1.00 e. The molecule has 0 amide bonds. The van der Waals surface area contributed by atoms with E-state index < -0.39 is 5.97 Å². The summed E-state index contributed by atoms with van der Waals surface area (Å²) in [5.41, 5.74) is 0. The Labute approximate surface area is 80.8 Å². The maximum atomic E-state index is 9.00. The Balaban J connectivity index is -0.0000000450. The summed E-state index contributed by atoms with van der Waals surface area (Å²) >= 11 is 0. The number of hydrogen-bond acceptors (Lipinski definition) is 1. The van der Waals surface area contributed by atoms with E-state index in [0.717, 1.165) is 6.92 Å². The topological polar surface area (TPSA) is 37.3 Å². The summed E-state index contributed by atoms with van der Waals surface area (Å²) in [5.74, 6) is -0.833. The summed E-state index contributed by atoms with van der Waals surface area (Å²) in [7, 11) is 0. The van der Waals surface area contributed by atoms with E-state index in [2.05, 4.69) is 0 Å². The monoisotopic (exact) mass is 146 g/mol. The van der Waals surface area contributed by atoms with E-state index in [1.807, 2.05) is 0 Å². The summed E-state index contributed by atoms with van der Waals surface area (Å²) in [5, 5.41) is 7.42. The van der Waals surface area contributed by atoms with E-state index >= 15 is 0 Å². The quantitative estimate of drug-likeness (QED) is 0.401. The van der Waals surface area contributed by atoms with Gasteiger partial charge in [-0.25, -0.2) is 0 Å². The van der Waals surface area contributed by atoms with Crippen LogP contribution in [0.3, 0.4) is 0 Å². The Morgan fingerprint density at radius 2 is 2.00 bits per heavy atom. The molecule has 0 aliphatic heterocycles. The molecular formula is C2H5O2Rb. The smallest absolute Gasteiger partial charge is 1.00 e. The van der Waals surface area contributed by atoms with Gasteiger partial charge in [-0.1, -0.05) is 0 Å². The van der Waals surface area contributed by atoms with Crippen LogP contribution in [0.2, 0.25) is 0 Å². The van der Waals surface area contributed by atoms with Crippen LogP contribution in [-0.4, -0.2) is 11.1 Å². The summed E-state index contributed by atoms with van der Waals surface area (Å²) in [6.45, 7) is 1.08. The van der Waals surface area contributed by atoms with Gasteiger partial charge >= 0.3 is 58.2 Å². The van der Waals surface area contributed by atoms with Crippen molar-refractivity contribution in [2.45, 2.75) is 6.92 Å². The minimum atomic E-state index is -0.833. The van der Waals surface area contributed by atoms with Crippen LogP contribution < -0.4 is 58.2 Å². The van der Waals surface area contributed by atoms with Gasteiger partial charge in [0.1, 0.15) is 0 Å². The molecule has 0 unspecified atom stereocenters. The van der Waals surface area contributed by atoms with Crippen LogP contribution >= 0.6 is 0 Å². The molecule has 0 aromatic heterocycles. The van der Waals surface area contributed by atoms with Crippen molar-refractivity contribution in [3.63, 3.8) is 0 Å². The van der Waals surface area contributed by atoms with Gasteiger partial charge < -0.3 is 6.53 Å². The summed E-state index contributed by atoms with van der Waals surface area (Å²) in [6.07, 6.45) is 0. The van der Waals surface area contributed by atoms with Gasteiger partial charge in [-0.05, 0) is 0 Å². The predicted octanol–water partition coefficient (Wildman–Crippen LogP) is -2.79. The largest absolute Gasteiger partial charge is 1.00 e. The number of aliphatic carboxylic acids is 1. The maximum absolute atomic E-state index is 9.00. The van der Waals surface area contributed by atoms with Crippen LogP contribution in [0, 0.1) is 0 Å². The molecule has 0 saturated carbocycles. The van der Waals surface area contributed by atoms with Crippen molar-refractivity contribution < 1.29 is 69.5 Å². The summed E-state index contributed by atoms with van der Waals surface area (Å²) < 4.78 is 0. The normalized spacial score (nSPS) is 5.00. The standard InChI is InChI=1S/C2H4O2.Rb.H/c1-2(3)4;;/h1H3,(H,3,4);;/q;+1;-1. The zero-order chi connectivity index (χ0) is 3.58. The van der Waals surface area contributed by atoms with Crippen molar-refractivity contribution >= 4 is 5.97 Å².